The fourth-order valence-electron chi connectivity index (χ4n) is 2.32. The number of para-hydroxylation sites is 1. The fraction of sp³-hybridized carbons (Fsp3) is 0.158. The lowest BCUT2D eigenvalue weighted by molar-refractivity contribution is 0.406. The second kappa shape index (κ2) is 7.32. The molecule has 5 heteroatoms. The van der Waals surface area contributed by atoms with Gasteiger partial charge < -0.3 is 9.26 Å². The second-order valence-corrected chi connectivity index (χ2v) is 5.62. The van der Waals surface area contributed by atoms with E-state index in [4.69, 9.17) is 20.9 Å². The summed E-state index contributed by atoms with van der Waals surface area (Å²) in [6.45, 7) is 2.12. The van der Waals surface area contributed by atoms with Crippen molar-refractivity contribution in [2.45, 2.75) is 13.3 Å². The largest absolute Gasteiger partial charge is 0.496 e. The van der Waals surface area contributed by atoms with Gasteiger partial charge >= 0.3 is 0 Å². The number of rotatable bonds is 5. The third kappa shape index (κ3) is 3.49. The van der Waals surface area contributed by atoms with Crippen LogP contribution < -0.4 is 4.74 Å². The summed E-state index contributed by atoms with van der Waals surface area (Å²) in [7, 11) is 1.60. The molecule has 2 aromatic carbocycles. The SMILES string of the molecule is CCc1ccc(/C=C(\Cl)c2nc(-c3ccccc3OC)no2)cc1. The Hall–Kier alpha value is -2.59. The van der Waals surface area contributed by atoms with Crippen LogP contribution in [0.1, 0.15) is 23.9 Å². The highest BCUT2D eigenvalue weighted by Gasteiger charge is 2.14. The molecule has 0 saturated heterocycles. The lowest BCUT2D eigenvalue weighted by Gasteiger charge is -2.02. The molecule has 1 heterocycles. The number of benzene rings is 2. The van der Waals surface area contributed by atoms with Crippen LogP contribution in [-0.2, 0) is 6.42 Å². The van der Waals surface area contributed by atoms with Gasteiger partial charge in [-0.3, -0.25) is 0 Å². The molecular formula is C19H17ClN2O2. The Morgan fingerprint density at radius 3 is 2.62 bits per heavy atom. The summed E-state index contributed by atoms with van der Waals surface area (Å²) in [5.41, 5.74) is 3.01. The van der Waals surface area contributed by atoms with Gasteiger partial charge in [0.1, 0.15) is 10.8 Å². The van der Waals surface area contributed by atoms with Crippen LogP contribution >= 0.6 is 11.6 Å². The predicted molar refractivity (Wildman–Crippen MR) is 95.8 cm³/mol. The van der Waals surface area contributed by atoms with Gasteiger partial charge in [-0.1, -0.05) is 60.1 Å². The number of aryl methyl sites for hydroxylation is 1. The average Bonchev–Trinajstić information content (AvgIpc) is 3.12. The maximum absolute atomic E-state index is 6.32. The monoisotopic (exact) mass is 340 g/mol. The van der Waals surface area contributed by atoms with Crippen molar-refractivity contribution in [2.24, 2.45) is 0 Å². The molecule has 0 saturated carbocycles. The summed E-state index contributed by atoms with van der Waals surface area (Å²) < 4.78 is 10.6. The number of nitrogens with zero attached hydrogens (tertiary/aromatic N) is 2. The lowest BCUT2D eigenvalue weighted by Crippen LogP contribution is -1.88. The van der Waals surface area contributed by atoms with Crippen LogP contribution in [-0.4, -0.2) is 17.3 Å². The summed E-state index contributed by atoms with van der Waals surface area (Å²) in [5.74, 6) is 1.40. The maximum Gasteiger partial charge on any atom is 0.269 e. The lowest BCUT2D eigenvalue weighted by atomic mass is 10.1. The Bertz CT molecular complexity index is 854. The normalized spacial score (nSPS) is 11.5. The average molecular weight is 341 g/mol. The highest BCUT2D eigenvalue weighted by molar-refractivity contribution is 6.50. The highest BCUT2D eigenvalue weighted by Crippen LogP contribution is 2.29. The number of ether oxygens (including phenoxy) is 1. The van der Waals surface area contributed by atoms with Gasteiger partial charge in [0, 0.05) is 0 Å². The molecule has 0 spiro atoms. The van der Waals surface area contributed by atoms with Gasteiger partial charge in [-0.05, 0) is 35.8 Å². The minimum Gasteiger partial charge on any atom is -0.496 e. The maximum atomic E-state index is 6.32. The predicted octanol–water partition coefficient (Wildman–Crippen LogP) is 5.04. The molecule has 24 heavy (non-hydrogen) atoms. The first-order valence-electron chi connectivity index (χ1n) is 7.65. The molecule has 3 rings (SSSR count). The zero-order valence-corrected chi connectivity index (χ0v) is 14.2. The number of hydrogen-bond acceptors (Lipinski definition) is 4. The number of halogens is 1. The van der Waals surface area contributed by atoms with Gasteiger partial charge in [0.2, 0.25) is 5.82 Å². The molecule has 0 amide bonds. The smallest absolute Gasteiger partial charge is 0.269 e. The van der Waals surface area contributed by atoms with Gasteiger partial charge in [-0.25, -0.2) is 0 Å². The molecule has 122 valence electrons. The Morgan fingerprint density at radius 2 is 1.92 bits per heavy atom. The van der Waals surface area contributed by atoms with Crippen molar-refractivity contribution in [2.75, 3.05) is 7.11 Å². The van der Waals surface area contributed by atoms with Crippen molar-refractivity contribution >= 4 is 22.7 Å². The molecule has 0 aliphatic rings. The zero-order valence-electron chi connectivity index (χ0n) is 13.5. The Balaban J connectivity index is 1.87. The minimum atomic E-state index is 0.275. The summed E-state index contributed by atoms with van der Waals surface area (Å²) >= 11 is 6.32. The number of aromatic nitrogens is 2. The zero-order chi connectivity index (χ0) is 16.9. The fourth-order valence-corrected chi connectivity index (χ4v) is 2.52. The van der Waals surface area contributed by atoms with E-state index in [1.54, 1.807) is 13.2 Å². The van der Waals surface area contributed by atoms with Crippen LogP contribution in [0.15, 0.2) is 53.1 Å². The van der Waals surface area contributed by atoms with Crippen LogP contribution in [0.4, 0.5) is 0 Å². The van der Waals surface area contributed by atoms with Crippen LogP contribution in [0.25, 0.3) is 22.5 Å². The Labute approximate surface area is 145 Å². The third-order valence-electron chi connectivity index (χ3n) is 3.66. The summed E-state index contributed by atoms with van der Waals surface area (Å²) in [6.07, 6.45) is 2.81. The quantitative estimate of drug-likeness (QED) is 0.652. The topological polar surface area (TPSA) is 48.2 Å². The molecule has 0 radical (unpaired) electrons. The van der Waals surface area contributed by atoms with E-state index in [-0.39, 0.29) is 5.89 Å². The molecular weight excluding hydrogens is 324 g/mol. The third-order valence-corrected chi connectivity index (χ3v) is 3.93. The van der Waals surface area contributed by atoms with E-state index < -0.39 is 0 Å². The molecule has 0 unspecified atom stereocenters. The van der Waals surface area contributed by atoms with Gasteiger partial charge in [0.25, 0.3) is 5.89 Å². The minimum absolute atomic E-state index is 0.275. The van der Waals surface area contributed by atoms with E-state index in [0.717, 1.165) is 17.5 Å². The molecule has 0 bridgehead atoms. The summed E-state index contributed by atoms with van der Waals surface area (Å²) in [5, 5.41) is 4.39. The van der Waals surface area contributed by atoms with Gasteiger partial charge in [0.05, 0.1) is 12.7 Å². The molecule has 4 nitrogen and oxygen atoms in total. The van der Waals surface area contributed by atoms with Gasteiger partial charge in [-0.2, -0.15) is 4.98 Å². The summed E-state index contributed by atoms with van der Waals surface area (Å²) in [4.78, 5) is 4.36. The van der Waals surface area contributed by atoms with E-state index in [0.29, 0.717) is 16.6 Å². The van der Waals surface area contributed by atoms with Crippen molar-refractivity contribution in [1.82, 2.24) is 10.1 Å². The van der Waals surface area contributed by atoms with Crippen molar-refractivity contribution < 1.29 is 9.26 Å². The number of hydrogen-bond donors (Lipinski definition) is 0. The standard InChI is InChI=1S/C19H17ClN2O2/c1-3-13-8-10-14(11-9-13)12-16(20)19-21-18(22-24-19)15-6-4-5-7-17(15)23-2/h4-12H,3H2,1-2H3/b16-12-. The van der Waals surface area contributed by atoms with Gasteiger partial charge in [-0.15, -0.1) is 0 Å². The van der Waals surface area contributed by atoms with E-state index in [1.165, 1.54) is 5.56 Å². The molecule has 0 aliphatic heterocycles. The molecule has 1 aromatic heterocycles. The van der Waals surface area contributed by atoms with Crippen molar-refractivity contribution in [1.29, 1.82) is 0 Å². The van der Waals surface area contributed by atoms with E-state index in [2.05, 4.69) is 29.2 Å². The first-order chi connectivity index (χ1) is 11.7. The van der Waals surface area contributed by atoms with Crippen LogP contribution in [0.3, 0.4) is 0 Å². The highest BCUT2D eigenvalue weighted by atomic mass is 35.5. The Kier molecular flexibility index (Phi) is 4.96. The van der Waals surface area contributed by atoms with E-state index in [9.17, 15) is 0 Å². The molecule has 3 aromatic rings. The van der Waals surface area contributed by atoms with Crippen LogP contribution in [0.5, 0.6) is 5.75 Å². The van der Waals surface area contributed by atoms with E-state index >= 15 is 0 Å². The molecule has 0 aliphatic carbocycles. The molecule has 0 atom stereocenters. The first-order valence-corrected chi connectivity index (χ1v) is 8.02. The molecule has 0 fully saturated rings. The number of methoxy groups -OCH3 is 1. The van der Waals surface area contributed by atoms with Crippen LogP contribution in [0, 0.1) is 0 Å². The Morgan fingerprint density at radius 1 is 1.17 bits per heavy atom. The molecule has 0 N–H and O–H groups in total. The summed E-state index contributed by atoms with van der Waals surface area (Å²) in [6, 6.07) is 15.7. The first kappa shape index (κ1) is 16.3. The van der Waals surface area contributed by atoms with Crippen molar-refractivity contribution in [3.63, 3.8) is 0 Å². The van der Waals surface area contributed by atoms with Crippen molar-refractivity contribution in [3.8, 4) is 17.1 Å². The van der Waals surface area contributed by atoms with Crippen LogP contribution in [0.2, 0.25) is 0 Å². The van der Waals surface area contributed by atoms with Gasteiger partial charge in [0.15, 0.2) is 0 Å². The second-order valence-electron chi connectivity index (χ2n) is 5.21. The van der Waals surface area contributed by atoms with E-state index in [1.807, 2.05) is 36.4 Å². The van der Waals surface area contributed by atoms with Crippen molar-refractivity contribution in [3.05, 3.63) is 65.5 Å².